The van der Waals surface area contributed by atoms with Crippen molar-refractivity contribution in [1.82, 2.24) is 4.90 Å². The lowest BCUT2D eigenvalue weighted by Crippen LogP contribution is -2.51. The molecular weight excluding hydrogens is 518 g/mol. The van der Waals surface area contributed by atoms with Crippen LogP contribution in [0.4, 0.5) is 0 Å². The molecule has 1 heterocycles. The van der Waals surface area contributed by atoms with Gasteiger partial charge in [-0.05, 0) is 60.8 Å². The average molecular weight is 556 g/mol. The summed E-state index contributed by atoms with van der Waals surface area (Å²) in [6.07, 6.45) is 2.78. The van der Waals surface area contributed by atoms with E-state index in [9.17, 15) is 9.59 Å². The molecule has 6 rings (SSSR count). The molecule has 2 fully saturated rings. The number of rotatable bonds is 10. The normalized spacial score (nSPS) is 23.2. The zero-order chi connectivity index (χ0) is 28.3. The highest BCUT2D eigenvalue weighted by molar-refractivity contribution is 5.89. The number of methoxy groups -OCH3 is 1. The van der Waals surface area contributed by atoms with Crippen LogP contribution in [0.15, 0.2) is 72.8 Å². The van der Waals surface area contributed by atoms with Gasteiger partial charge in [-0.1, -0.05) is 66.7 Å². The van der Waals surface area contributed by atoms with E-state index < -0.39 is 18.1 Å². The Morgan fingerprint density at radius 3 is 2.32 bits per heavy atom. The highest BCUT2D eigenvalue weighted by atomic mass is 16.5. The monoisotopic (exact) mass is 555 g/mol. The Morgan fingerprint density at radius 1 is 0.927 bits per heavy atom. The van der Waals surface area contributed by atoms with E-state index in [1.807, 2.05) is 72.8 Å². The topological polar surface area (TPSA) is 74.3 Å². The maximum atomic E-state index is 14.4. The van der Waals surface area contributed by atoms with Gasteiger partial charge in [0.2, 0.25) is 0 Å². The molecule has 1 amide bonds. The van der Waals surface area contributed by atoms with E-state index in [1.54, 1.807) is 18.9 Å². The number of carbonyl (C=O) groups is 2. The molecule has 3 unspecified atom stereocenters. The first kappa shape index (κ1) is 27.3. The number of carbonyl (C=O) groups excluding carboxylic acids is 2. The molecule has 41 heavy (non-hydrogen) atoms. The number of hydrogen-bond acceptors (Lipinski definition) is 6. The summed E-state index contributed by atoms with van der Waals surface area (Å²) in [4.78, 5) is 29.4. The van der Waals surface area contributed by atoms with Crippen molar-refractivity contribution in [3.05, 3.63) is 95.1 Å². The molecule has 7 nitrogen and oxygen atoms in total. The predicted octanol–water partition coefficient (Wildman–Crippen LogP) is 5.65. The van der Waals surface area contributed by atoms with E-state index in [4.69, 9.17) is 18.9 Å². The van der Waals surface area contributed by atoms with Crippen molar-refractivity contribution in [3.8, 4) is 11.5 Å². The van der Waals surface area contributed by atoms with Crippen LogP contribution in [0.2, 0.25) is 0 Å². The van der Waals surface area contributed by atoms with Crippen LogP contribution in [0.5, 0.6) is 11.5 Å². The van der Waals surface area contributed by atoms with E-state index in [1.165, 1.54) is 6.42 Å². The zero-order valence-corrected chi connectivity index (χ0v) is 23.7. The van der Waals surface area contributed by atoms with Crippen molar-refractivity contribution in [2.75, 3.05) is 13.7 Å². The molecule has 0 radical (unpaired) electrons. The first-order valence-corrected chi connectivity index (χ1v) is 14.6. The first-order valence-electron chi connectivity index (χ1n) is 14.6. The second-order valence-electron chi connectivity index (χ2n) is 11.2. The van der Waals surface area contributed by atoms with Crippen molar-refractivity contribution in [3.63, 3.8) is 0 Å². The van der Waals surface area contributed by atoms with Crippen LogP contribution < -0.4 is 9.47 Å². The number of ether oxygens (including phenoxy) is 4. The molecular formula is C34H37NO6. The summed E-state index contributed by atoms with van der Waals surface area (Å²) in [5.74, 6) is 1.99. The van der Waals surface area contributed by atoms with Crippen LogP contribution in [-0.2, 0) is 38.6 Å². The standard InChI is InChI=1S/C34H37NO6/c1-3-39-34(37)29-19-28-24(14-15-30(38-2)32(28)40-21-22-10-6-4-7-11-22)20-35(29)33(36)31(23-12-8-5-9-13-23)41-27-17-25-16-26(25)18-27/h4-15,25-27,29,31H,3,16-21H2,1-2H3/t25?,26?,27?,29-,31?/m0/s1. The lowest BCUT2D eigenvalue weighted by molar-refractivity contribution is -0.163. The molecule has 2 aliphatic carbocycles. The van der Waals surface area contributed by atoms with Crippen molar-refractivity contribution in [2.24, 2.45) is 11.8 Å². The maximum Gasteiger partial charge on any atom is 0.329 e. The number of amides is 1. The number of benzene rings is 3. The molecule has 214 valence electrons. The Labute approximate surface area is 241 Å². The molecule has 7 heteroatoms. The van der Waals surface area contributed by atoms with Gasteiger partial charge in [0, 0.05) is 18.5 Å². The molecule has 0 N–H and O–H groups in total. The minimum Gasteiger partial charge on any atom is -0.493 e. The minimum atomic E-state index is -0.812. The average Bonchev–Trinajstić information content (AvgIpc) is 3.63. The van der Waals surface area contributed by atoms with E-state index in [0.717, 1.165) is 46.9 Å². The van der Waals surface area contributed by atoms with Gasteiger partial charge in [-0.25, -0.2) is 4.79 Å². The number of fused-ring (bicyclic) bond motifs is 2. The lowest BCUT2D eigenvalue weighted by atomic mass is 9.91. The van der Waals surface area contributed by atoms with E-state index >= 15 is 0 Å². The Morgan fingerprint density at radius 2 is 1.63 bits per heavy atom. The van der Waals surface area contributed by atoms with Crippen LogP contribution in [0.3, 0.4) is 0 Å². The van der Waals surface area contributed by atoms with Gasteiger partial charge in [0.15, 0.2) is 17.6 Å². The maximum absolute atomic E-state index is 14.4. The van der Waals surface area contributed by atoms with Gasteiger partial charge in [-0.2, -0.15) is 0 Å². The highest BCUT2D eigenvalue weighted by Gasteiger charge is 2.48. The molecule has 3 aliphatic rings. The smallest absolute Gasteiger partial charge is 0.329 e. The van der Waals surface area contributed by atoms with Crippen LogP contribution >= 0.6 is 0 Å². The molecule has 0 bridgehead atoms. The zero-order valence-electron chi connectivity index (χ0n) is 23.7. The van der Waals surface area contributed by atoms with Gasteiger partial charge >= 0.3 is 5.97 Å². The molecule has 1 aliphatic heterocycles. The third-order valence-electron chi connectivity index (χ3n) is 8.58. The Balaban J connectivity index is 1.32. The van der Waals surface area contributed by atoms with Crippen molar-refractivity contribution in [1.29, 1.82) is 0 Å². The van der Waals surface area contributed by atoms with Gasteiger partial charge in [0.25, 0.3) is 5.91 Å². The fourth-order valence-corrected chi connectivity index (χ4v) is 6.37. The first-order chi connectivity index (χ1) is 20.1. The summed E-state index contributed by atoms with van der Waals surface area (Å²) in [6, 6.07) is 22.5. The molecule has 3 aromatic rings. The third-order valence-corrected chi connectivity index (χ3v) is 8.58. The van der Waals surface area contributed by atoms with Crippen LogP contribution in [0.25, 0.3) is 0 Å². The highest BCUT2D eigenvalue weighted by Crippen LogP contribution is 2.53. The Hall–Kier alpha value is -3.84. The van der Waals surface area contributed by atoms with Gasteiger partial charge < -0.3 is 23.8 Å². The van der Waals surface area contributed by atoms with E-state index in [2.05, 4.69) is 0 Å². The molecule has 0 spiro atoms. The van der Waals surface area contributed by atoms with Crippen LogP contribution in [-0.4, -0.2) is 42.6 Å². The van der Waals surface area contributed by atoms with E-state index in [0.29, 0.717) is 18.1 Å². The fourth-order valence-electron chi connectivity index (χ4n) is 6.37. The predicted molar refractivity (Wildman–Crippen MR) is 153 cm³/mol. The molecule has 4 atom stereocenters. The van der Waals surface area contributed by atoms with Gasteiger partial charge in [0.05, 0.1) is 19.8 Å². The quantitative estimate of drug-likeness (QED) is 0.301. The summed E-state index contributed by atoms with van der Waals surface area (Å²) >= 11 is 0. The van der Waals surface area contributed by atoms with Crippen LogP contribution in [0, 0.1) is 11.8 Å². The Bertz CT molecular complexity index is 1370. The summed E-state index contributed by atoms with van der Waals surface area (Å²) < 4.78 is 24.0. The number of hydrogen-bond donors (Lipinski definition) is 0. The molecule has 0 saturated heterocycles. The van der Waals surface area contributed by atoms with Crippen molar-refractivity contribution < 1.29 is 28.5 Å². The second-order valence-corrected chi connectivity index (χ2v) is 11.2. The number of nitrogens with zero attached hydrogens (tertiary/aromatic N) is 1. The van der Waals surface area contributed by atoms with E-state index in [-0.39, 0.29) is 31.6 Å². The van der Waals surface area contributed by atoms with Crippen molar-refractivity contribution >= 4 is 11.9 Å². The van der Waals surface area contributed by atoms with Gasteiger partial charge in [-0.3, -0.25) is 4.79 Å². The minimum absolute atomic E-state index is 0.0493. The van der Waals surface area contributed by atoms with Crippen LogP contribution in [0.1, 0.15) is 54.5 Å². The number of esters is 1. The summed E-state index contributed by atoms with van der Waals surface area (Å²) in [5.41, 5.74) is 3.59. The largest absolute Gasteiger partial charge is 0.493 e. The Kier molecular flexibility index (Phi) is 7.97. The molecule has 3 aromatic carbocycles. The molecule has 0 aromatic heterocycles. The summed E-state index contributed by atoms with van der Waals surface area (Å²) in [5, 5.41) is 0. The van der Waals surface area contributed by atoms with Crippen molar-refractivity contribution in [2.45, 2.75) is 64.0 Å². The third kappa shape index (κ3) is 5.82. The summed E-state index contributed by atoms with van der Waals surface area (Å²) in [7, 11) is 1.60. The van der Waals surface area contributed by atoms with Gasteiger partial charge in [0.1, 0.15) is 12.6 Å². The summed E-state index contributed by atoms with van der Waals surface area (Å²) in [6.45, 7) is 2.60. The SMILES string of the molecule is CCOC(=O)[C@@H]1Cc2c(ccc(OC)c2OCc2ccccc2)CN1C(=O)C(OC1CC2CC2C1)c1ccccc1. The second kappa shape index (κ2) is 12.0. The lowest BCUT2D eigenvalue weighted by Gasteiger charge is -2.38. The fraction of sp³-hybridized carbons (Fsp3) is 0.412. The molecule has 2 saturated carbocycles. The van der Waals surface area contributed by atoms with Gasteiger partial charge in [-0.15, -0.1) is 0 Å².